The Kier molecular flexibility index (Phi) is 4.96. The fourth-order valence-electron chi connectivity index (χ4n) is 3.24. The summed E-state index contributed by atoms with van der Waals surface area (Å²) in [6.07, 6.45) is 0. The first-order chi connectivity index (χ1) is 13.5. The van der Waals surface area contributed by atoms with Gasteiger partial charge in [0, 0.05) is 16.1 Å². The standard InChI is InChI=1S/C22H20FN3OS/c1-4-27-18-10-8-15(9-11-18)19-13(2)28-22-20(19)21(24-14(3)25-22)26-17-7-5-6-16(23)12-17/h5-12H,4H2,1-3H3,(H,24,25,26). The zero-order valence-electron chi connectivity index (χ0n) is 15.9. The smallest absolute Gasteiger partial charge is 0.143 e. The Bertz CT molecular complexity index is 1140. The predicted molar refractivity (Wildman–Crippen MR) is 113 cm³/mol. The van der Waals surface area contributed by atoms with Crippen LogP contribution in [0.1, 0.15) is 17.6 Å². The highest BCUT2D eigenvalue weighted by Gasteiger charge is 2.18. The van der Waals surface area contributed by atoms with Crippen molar-refractivity contribution < 1.29 is 9.13 Å². The maximum absolute atomic E-state index is 13.6. The van der Waals surface area contributed by atoms with Gasteiger partial charge >= 0.3 is 0 Å². The lowest BCUT2D eigenvalue weighted by atomic mass is 10.0. The monoisotopic (exact) mass is 393 g/mol. The maximum Gasteiger partial charge on any atom is 0.143 e. The van der Waals surface area contributed by atoms with Crippen LogP contribution in [-0.4, -0.2) is 16.6 Å². The molecular weight excluding hydrogens is 373 g/mol. The number of aromatic nitrogens is 2. The van der Waals surface area contributed by atoms with E-state index in [1.807, 2.05) is 44.2 Å². The molecule has 2 heterocycles. The second-order valence-electron chi connectivity index (χ2n) is 6.43. The summed E-state index contributed by atoms with van der Waals surface area (Å²) in [5, 5.41) is 4.22. The number of aryl methyl sites for hydroxylation is 2. The molecular formula is C22H20FN3OS. The zero-order valence-corrected chi connectivity index (χ0v) is 16.7. The van der Waals surface area contributed by atoms with Gasteiger partial charge in [0.2, 0.25) is 0 Å². The van der Waals surface area contributed by atoms with Gasteiger partial charge in [-0.1, -0.05) is 18.2 Å². The number of hydrogen-bond donors (Lipinski definition) is 1. The second kappa shape index (κ2) is 7.56. The van der Waals surface area contributed by atoms with Crippen LogP contribution in [0.5, 0.6) is 5.75 Å². The summed E-state index contributed by atoms with van der Waals surface area (Å²) >= 11 is 1.63. The normalized spacial score (nSPS) is 11.0. The first-order valence-corrected chi connectivity index (χ1v) is 9.90. The number of halogens is 1. The van der Waals surface area contributed by atoms with Crippen LogP contribution < -0.4 is 10.1 Å². The zero-order chi connectivity index (χ0) is 19.7. The van der Waals surface area contributed by atoms with Crippen LogP contribution in [0, 0.1) is 19.7 Å². The van der Waals surface area contributed by atoms with Crippen LogP contribution >= 0.6 is 11.3 Å². The minimum Gasteiger partial charge on any atom is -0.494 e. The van der Waals surface area contributed by atoms with Gasteiger partial charge < -0.3 is 10.1 Å². The summed E-state index contributed by atoms with van der Waals surface area (Å²) in [5.41, 5.74) is 2.81. The second-order valence-corrected chi connectivity index (χ2v) is 7.63. The van der Waals surface area contributed by atoms with E-state index in [0.717, 1.165) is 32.0 Å². The van der Waals surface area contributed by atoms with E-state index >= 15 is 0 Å². The van der Waals surface area contributed by atoms with E-state index in [-0.39, 0.29) is 5.82 Å². The SMILES string of the molecule is CCOc1ccc(-c2c(C)sc3nc(C)nc(Nc4cccc(F)c4)c23)cc1. The molecule has 1 N–H and O–H groups in total. The van der Waals surface area contributed by atoms with Gasteiger partial charge in [-0.3, -0.25) is 0 Å². The fourth-order valence-corrected chi connectivity index (χ4v) is 4.33. The molecule has 0 aliphatic rings. The maximum atomic E-state index is 13.6. The van der Waals surface area contributed by atoms with E-state index in [1.54, 1.807) is 17.4 Å². The van der Waals surface area contributed by atoms with Crippen LogP contribution in [0.2, 0.25) is 0 Å². The average Bonchev–Trinajstić information content (AvgIpc) is 2.98. The van der Waals surface area contributed by atoms with Crippen molar-refractivity contribution in [1.82, 2.24) is 9.97 Å². The number of anilines is 2. The number of nitrogens with one attached hydrogen (secondary N) is 1. The van der Waals surface area contributed by atoms with Crippen molar-refractivity contribution in [1.29, 1.82) is 0 Å². The quantitative estimate of drug-likeness (QED) is 0.435. The molecule has 4 nitrogen and oxygen atoms in total. The van der Waals surface area contributed by atoms with Crippen LogP contribution in [0.25, 0.3) is 21.3 Å². The minimum absolute atomic E-state index is 0.291. The van der Waals surface area contributed by atoms with E-state index in [2.05, 4.69) is 22.2 Å². The number of nitrogens with zero attached hydrogens (tertiary/aromatic N) is 2. The lowest BCUT2D eigenvalue weighted by Crippen LogP contribution is -1.99. The molecule has 4 aromatic rings. The van der Waals surface area contributed by atoms with E-state index in [1.165, 1.54) is 12.1 Å². The Hall–Kier alpha value is -2.99. The highest BCUT2D eigenvalue weighted by Crippen LogP contribution is 2.41. The van der Waals surface area contributed by atoms with Crippen molar-refractivity contribution in [3.63, 3.8) is 0 Å². The molecule has 6 heteroatoms. The number of ether oxygens (including phenoxy) is 1. The van der Waals surface area contributed by atoms with Crippen molar-refractivity contribution >= 4 is 33.1 Å². The Morgan fingerprint density at radius 1 is 1.07 bits per heavy atom. The van der Waals surface area contributed by atoms with E-state index < -0.39 is 0 Å². The Morgan fingerprint density at radius 3 is 2.57 bits per heavy atom. The lowest BCUT2D eigenvalue weighted by molar-refractivity contribution is 0.340. The molecule has 2 aromatic carbocycles. The van der Waals surface area contributed by atoms with Gasteiger partial charge in [0.25, 0.3) is 0 Å². The summed E-state index contributed by atoms with van der Waals surface area (Å²) < 4.78 is 19.2. The van der Waals surface area contributed by atoms with Gasteiger partial charge in [0.05, 0.1) is 12.0 Å². The van der Waals surface area contributed by atoms with Gasteiger partial charge in [0.1, 0.15) is 28.0 Å². The van der Waals surface area contributed by atoms with Crippen LogP contribution in [0.4, 0.5) is 15.9 Å². The lowest BCUT2D eigenvalue weighted by Gasteiger charge is -2.11. The topological polar surface area (TPSA) is 47.0 Å². The molecule has 0 fully saturated rings. The molecule has 0 spiro atoms. The molecule has 0 aliphatic carbocycles. The van der Waals surface area contributed by atoms with Crippen LogP contribution in [0.3, 0.4) is 0 Å². The molecule has 0 bridgehead atoms. The molecule has 4 rings (SSSR count). The first-order valence-electron chi connectivity index (χ1n) is 9.08. The molecule has 0 saturated heterocycles. The van der Waals surface area contributed by atoms with Gasteiger partial charge in [-0.05, 0) is 56.7 Å². The third-order valence-corrected chi connectivity index (χ3v) is 5.38. The van der Waals surface area contributed by atoms with Crippen LogP contribution in [-0.2, 0) is 0 Å². The number of thiophene rings is 1. The van der Waals surface area contributed by atoms with E-state index in [9.17, 15) is 4.39 Å². The van der Waals surface area contributed by atoms with Crippen molar-refractivity contribution in [2.75, 3.05) is 11.9 Å². The summed E-state index contributed by atoms with van der Waals surface area (Å²) in [5.74, 6) is 1.90. The largest absolute Gasteiger partial charge is 0.494 e. The fraction of sp³-hybridized carbons (Fsp3) is 0.182. The Morgan fingerprint density at radius 2 is 1.86 bits per heavy atom. The molecule has 0 aliphatic heterocycles. The summed E-state index contributed by atoms with van der Waals surface area (Å²) in [7, 11) is 0. The summed E-state index contributed by atoms with van der Waals surface area (Å²) in [6.45, 7) is 6.55. The van der Waals surface area contributed by atoms with Gasteiger partial charge in [0.15, 0.2) is 0 Å². The Labute approximate surface area is 167 Å². The molecule has 0 unspecified atom stereocenters. The number of fused-ring (bicyclic) bond motifs is 1. The predicted octanol–water partition coefficient (Wildman–Crippen LogP) is 6.26. The van der Waals surface area contributed by atoms with E-state index in [4.69, 9.17) is 4.74 Å². The Balaban J connectivity index is 1.86. The summed E-state index contributed by atoms with van der Waals surface area (Å²) in [6, 6.07) is 14.4. The van der Waals surface area contributed by atoms with Crippen molar-refractivity contribution in [2.45, 2.75) is 20.8 Å². The molecule has 0 radical (unpaired) electrons. The van der Waals surface area contributed by atoms with Gasteiger partial charge in [-0.25, -0.2) is 14.4 Å². The third kappa shape index (κ3) is 3.55. The van der Waals surface area contributed by atoms with Crippen molar-refractivity contribution in [3.05, 3.63) is 65.0 Å². The third-order valence-electron chi connectivity index (χ3n) is 4.38. The molecule has 0 amide bonds. The van der Waals surface area contributed by atoms with E-state index in [0.29, 0.717) is 23.9 Å². The van der Waals surface area contributed by atoms with Gasteiger partial charge in [-0.15, -0.1) is 11.3 Å². The van der Waals surface area contributed by atoms with Crippen molar-refractivity contribution in [3.8, 4) is 16.9 Å². The highest BCUT2D eigenvalue weighted by molar-refractivity contribution is 7.19. The molecule has 0 atom stereocenters. The molecule has 28 heavy (non-hydrogen) atoms. The molecule has 0 saturated carbocycles. The minimum atomic E-state index is -0.291. The average molecular weight is 393 g/mol. The molecule has 2 aromatic heterocycles. The number of hydrogen-bond acceptors (Lipinski definition) is 5. The van der Waals surface area contributed by atoms with Crippen molar-refractivity contribution in [2.24, 2.45) is 0 Å². The first kappa shape index (κ1) is 18.4. The highest BCUT2D eigenvalue weighted by atomic mass is 32.1. The van der Waals surface area contributed by atoms with Crippen LogP contribution in [0.15, 0.2) is 48.5 Å². The summed E-state index contributed by atoms with van der Waals surface area (Å²) in [4.78, 5) is 11.3. The number of rotatable bonds is 5. The van der Waals surface area contributed by atoms with Gasteiger partial charge in [-0.2, -0.15) is 0 Å². The molecule has 142 valence electrons. The number of benzene rings is 2.